The molecule has 1 amide bonds. The Kier molecular flexibility index (Phi) is 6.35. The molecule has 1 aliphatic carbocycles. The summed E-state index contributed by atoms with van der Waals surface area (Å²) in [5.74, 6) is 0.688. The van der Waals surface area contributed by atoms with E-state index in [1.54, 1.807) is 6.08 Å². The van der Waals surface area contributed by atoms with Gasteiger partial charge in [-0.05, 0) is 24.3 Å². The van der Waals surface area contributed by atoms with E-state index in [4.69, 9.17) is 14.2 Å². The van der Waals surface area contributed by atoms with Crippen molar-refractivity contribution in [2.75, 3.05) is 0 Å². The van der Waals surface area contributed by atoms with E-state index in [0.29, 0.717) is 18.3 Å². The van der Waals surface area contributed by atoms with Gasteiger partial charge in [-0.25, -0.2) is 0 Å². The Hall–Kier alpha value is -1.28. The second-order valence-corrected chi connectivity index (χ2v) is 9.67. The second-order valence-electron chi connectivity index (χ2n) is 9.67. The van der Waals surface area contributed by atoms with Crippen molar-refractivity contribution in [3.8, 4) is 0 Å². The molecule has 168 valence electrons. The summed E-state index contributed by atoms with van der Waals surface area (Å²) >= 11 is 0. The smallest absolute Gasteiger partial charge is 0.244 e. The number of rotatable bonds is 10. The molecule has 3 aliphatic heterocycles. The maximum atomic E-state index is 12.4. The molecule has 0 radical (unpaired) electrons. The molecule has 0 bridgehead atoms. The van der Waals surface area contributed by atoms with Gasteiger partial charge in [0, 0.05) is 6.42 Å². The lowest BCUT2D eigenvalue weighted by Gasteiger charge is -2.26. The van der Waals surface area contributed by atoms with Crippen molar-refractivity contribution in [1.82, 2.24) is 5.32 Å². The fraction of sp³-hybridized carbons (Fsp3) is 0.826. The summed E-state index contributed by atoms with van der Waals surface area (Å²) in [6, 6.07) is -0.544. The van der Waals surface area contributed by atoms with Crippen molar-refractivity contribution < 1.29 is 28.9 Å². The first-order valence-corrected chi connectivity index (χ1v) is 11.5. The lowest BCUT2D eigenvalue weighted by atomic mass is 9.81. The zero-order chi connectivity index (χ0) is 21.5. The summed E-state index contributed by atoms with van der Waals surface area (Å²) in [6.07, 6.45) is 8.45. The van der Waals surface area contributed by atoms with Gasteiger partial charge in [0.1, 0.15) is 30.0 Å². The first-order valence-electron chi connectivity index (χ1n) is 11.5. The minimum Gasteiger partial charge on any atom is -0.366 e. The van der Waals surface area contributed by atoms with Gasteiger partial charge in [0.05, 0.1) is 6.04 Å². The quantitative estimate of drug-likeness (QED) is 0.319. The predicted octanol–water partition coefficient (Wildman–Crippen LogP) is 2.26. The minimum atomic E-state index is -1.13. The number of carbonyl (C=O) groups excluding carboxylic acids is 2. The molecule has 9 atom stereocenters. The summed E-state index contributed by atoms with van der Waals surface area (Å²) < 4.78 is 16.8. The number of fused-ring (bicyclic) bond motifs is 4. The number of amides is 1. The number of carbonyl (C=O) groups is 2. The molecule has 1 spiro atoms. The van der Waals surface area contributed by atoms with Gasteiger partial charge in [-0.15, -0.1) is 0 Å². The SMILES string of the molecule is CCCCCC[C@@H](C)C[C@@H](C)/C=C/C(=O)N[C@H]1CC2(O[C@H]1O)[C@@H]1O[C@@H]1C(=O)[C@@H]1O[C@@H]12. The van der Waals surface area contributed by atoms with Crippen molar-refractivity contribution in [1.29, 1.82) is 0 Å². The molecule has 4 fully saturated rings. The van der Waals surface area contributed by atoms with Crippen LogP contribution in [0.15, 0.2) is 12.2 Å². The highest BCUT2D eigenvalue weighted by molar-refractivity contribution is 5.94. The number of ether oxygens (including phenoxy) is 3. The third-order valence-corrected chi connectivity index (χ3v) is 6.96. The average molecular weight is 422 g/mol. The third-order valence-electron chi connectivity index (χ3n) is 6.96. The van der Waals surface area contributed by atoms with Crippen LogP contribution in [0.5, 0.6) is 0 Å². The lowest BCUT2D eigenvalue weighted by molar-refractivity contribution is -0.159. The van der Waals surface area contributed by atoms with Gasteiger partial charge in [-0.2, -0.15) is 0 Å². The van der Waals surface area contributed by atoms with Crippen LogP contribution in [0.25, 0.3) is 0 Å². The number of allylic oxidation sites excluding steroid dienone is 1. The van der Waals surface area contributed by atoms with E-state index in [9.17, 15) is 14.7 Å². The molecule has 30 heavy (non-hydrogen) atoms. The van der Waals surface area contributed by atoms with E-state index >= 15 is 0 Å². The van der Waals surface area contributed by atoms with Crippen LogP contribution in [-0.4, -0.2) is 59.1 Å². The van der Waals surface area contributed by atoms with Gasteiger partial charge < -0.3 is 24.6 Å². The summed E-state index contributed by atoms with van der Waals surface area (Å²) in [6.45, 7) is 6.63. The van der Waals surface area contributed by atoms with Gasteiger partial charge in [0.2, 0.25) is 5.91 Å². The van der Waals surface area contributed by atoms with Gasteiger partial charge in [0.25, 0.3) is 0 Å². The molecule has 7 heteroatoms. The van der Waals surface area contributed by atoms with E-state index < -0.39 is 30.1 Å². The Balaban J connectivity index is 1.22. The highest BCUT2D eigenvalue weighted by Gasteiger charge is 2.79. The third kappa shape index (κ3) is 4.35. The standard InChI is InChI=1S/C23H35NO6/c1-4-5-6-7-8-13(2)11-14(3)9-10-16(25)24-15-12-23(30-22(15)27)20-18(28-20)17(26)19-21(23)29-19/h9-10,13-15,18-22,27H,4-8,11-12H2,1-3H3,(H,24,25)/b10-9+/t13-,14+,15+,18-,19+,20-,21+,22-,23?/m1/s1. The molecule has 0 aromatic heterocycles. The van der Waals surface area contributed by atoms with Crippen LogP contribution in [0, 0.1) is 11.8 Å². The zero-order valence-corrected chi connectivity index (χ0v) is 18.2. The highest BCUT2D eigenvalue weighted by atomic mass is 16.7. The summed E-state index contributed by atoms with van der Waals surface area (Å²) in [7, 11) is 0. The largest absolute Gasteiger partial charge is 0.366 e. The van der Waals surface area contributed by atoms with E-state index in [2.05, 4.69) is 26.1 Å². The normalized spacial score (nSPS) is 40.9. The van der Waals surface area contributed by atoms with Crippen molar-refractivity contribution >= 4 is 11.7 Å². The number of unbranched alkanes of at least 4 members (excludes halogenated alkanes) is 3. The topological polar surface area (TPSA) is 101 Å². The van der Waals surface area contributed by atoms with Gasteiger partial charge in [-0.1, -0.05) is 59.0 Å². The molecule has 0 aromatic rings. The highest BCUT2D eigenvalue weighted by Crippen LogP contribution is 2.57. The lowest BCUT2D eigenvalue weighted by Crippen LogP contribution is -2.49. The molecule has 3 saturated heterocycles. The maximum absolute atomic E-state index is 12.4. The van der Waals surface area contributed by atoms with E-state index in [1.165, 1.54) is 32.1 Å². The number of hydrogen-bond acceptors (Lipinski definition) is 6. The number of epoxide rings is 2. The Bertz CT molecular complexity index is 673. The van der Waals surface area contributed by atoms with Crippen molar-refractivity contribution in [2.24, 2.45) is 11.8 Å². The fourth-order valence-electron chi connectivity index (χ4n) is 5.25. The predicted molar refractivity (Wildman–Crippen MR) is 110 cm³/mol. The van der Waals surface area contributed by atoms with Crippen molar-refractivity contribution in [2.45, 2.75) is 108 Å². The number of aliphatic hydroxyl groups is 1. The Morgan fingerprint density at radius 1 is 1.23 bits per heavy atom. The van der Waals surface area contributed by atoms with Gasteiger partial charge >= 0.3 is 0 Å². The average Bonchev–Trinajstić information content (AvgIpc) is 3.60. The maximum Gasteiger partial charge on any atom is 0.244 e. The molecule has 4 rings (SSSR count). The molecular weight excluding hydrogens is 386 g/mol. The van der Waals surface area contributed by atoms with E-state index in [0.717, 1.165) is 6.42 Å². The van der Waals surface area contributed by atoms with E-state index in [-0.39, 0.29) is 23.9 Å². The van der Waals surface area contributed by atoms with Crippen LogP contribution in [0.3, 0.4) is 0 Å². The molecule has 1 saturated carbocycles. The monoisotopic (exact) mass is 421 g/mol. The number of aliphatic hydroxyl groups excluding tert-OH is 1. The molecule has 0 aromatic carbocycles. The number of Topliss-reactive ketones (excluding diaryl/α,β-unsaturated/α-hetero) is 1. The van der Waals surface area contributed by atoms with Crippen molar-refractivity contribution in [3.63, 3.8) is 0 Å². The summed E-state index contributed by atoms with van der Waals surface area (Å²) in [5, 5.41) is 13.2. The Morgan fingerprint density at radius 2 is 1.93 bits per heavy atom. The van der Waals surface area contributed by atoms with Crippen LogP contribution >= 0.6 is 0 Å². The number of hydrogen-bond donors (Lipinski definition) is 2. The van der Waals surface area contributed by atoms with Crippen LogP contribution in [0.4, 0.5) is 0 Å². The number of nitrogens with one attached hydrogen (secondary N) is 1. The van der Waals surface area contributed by atoms with Crippen LogP contribution in [-0.2, 0) is 23.8 Å². The molecular formula is C23H35NO6. The zero-order valence-electron chi connectivity index (χ0n) is 18.2. The van der Waals surface area contributed by atoms with E-state index in [1.807, 2.05) is 6.08 Å². The molecule has 2 N–H and O–H groups in total. The molecule has 3 heterocycles. The second kappa shape index (κ2) is 8.69. The van der Waals surface area contributed by atoms with Crippen LogP contribution < -0.4 is 5.32 Å². The van der Waals surface area contributed by atoms with Crippen molar-refractivity contribution in [3.05, 3.63) is 12.2 Å². The Labute approximate surface area is 178 Å². The Morgan fingerprint density at radius 3 is 2.60 bits per heavy atom. The first-order chi connectivity index (χ1) is 14.4. The van der Waals surface area contributed by atoms with Crippen LogP contribution in [0.1, 0.15) is 65.7 Å². The van der Waals surface area contributed by atoms with Gasteiger partial charge in [-0.3, -0.25) is 9.59 Å². The minimum absolute atomic E-state index is 0.0299. The first kappa shape index (κ1) is 21.9. The number of ketones is 1. The summed E-state index contributed by atoms with van der Waals surface area (Å²) in [5.41, 5.74) is -0.829. The molecule has 4 aliphatic rings. The molecule has 1 unspecified atom stereocenters. The summed E-state index contributed by atoms with van der Waals surface area (Å²) in [4.78, 5) is 24.4. The fourth-order valence-corrected chi connectivity index (χ4v) is 5.25. The van der Waals surface area contributed by atoms with Gasteiger partial charge in [0.15, 0.2) is 12.1 Å². The van der Waals surface area contributed by atoms with Crippen LogP contribution in [0.2, 0.25) is 0 Å². The molecule has 7 nitrogen and oxygen atoms in total.